The Hall–Kier alpha value is -1.88. The Morgan fingerprint density at radius 2 is 1.95 bits per heavy atom. The minimum atomic E-state index is -0.613. The maximum atomic E-state index is 13.7. The van der Waals surface area contributed by atoms with Gasteiger partial charge in [0.1, 0.15) is 17.5 Å². The van der Waals surface area contributed by atoms with Crippen molar-refractivity contribution in [2.24, 2.45) is 0 Å². The molecule has 0 saturated heterocycles. The summed E-state index contributed by atoms with van der Waals surface area (Å²) >= 11 is 0. The van der Waals surface area contributed by atoms with Crippen LogP contribution in [0.2, 0.25) is 0 Å². The van der Waals surface area contributed by atoms with E-state index in [1.807, 2.05) is 14.0 Å². The minimum Gasteiger partial charge on any atom is -0.319 e. The first kappa shape index (κ1) is 13.5. The molecule has 0 aliphatic rings. The van der Waals surface area contributed by atoms with Gasteiger partial charge in [0.25, 0.3) is 0 Å². The van der Waals surface area contributed by atoms with Crippen LogP contribution in [0.4, 0.5) is 8.78 Å². The molecule has 0 unspecified atom stereocenters. The summed E-state index contributed by atoms with van der Waals surface area (Å²) in [5, 5.41) is 3.01. The summed E-state index contributed by atoms with van der Waals surface area (Å²) in [5.41, 5.74) is 1.54. The van der Waals surface area contributed by atoms with Crippen LogP contribution in [-0.2, 0) is 6.42 Å². The molecule has 19 heavy (non-hydrogen) atoms. The van der Waals surface area contributed by atoms with Gasteiger partial charge in [0.05, 0.1) is 5.69 Å². The number of aromatic nitrogens is 2. The highest BCUT2D eigenvalue weighted by Gasteiger charge is 2.10. The number of rotatable bonds is 4. The third-order valence-corrected chi connectivity index (χ3v) is 2.71. The smallest absolute Gasteiger partial charge is 0.135 e. The van der Waals surface area contributed by atoms with Crippen LogP contribution in [0.15, 0.2) is 24.3 Å². The van der Waals surface area contributed by atoms with Crippen molar-refractivity contribution in [3.8, 4) is 11.3 Å². The van der Waals surface area contributed by atoms with Crippen molar-refractivity contribution < 1.29 is 8.78 Å². The predicted molar refractivity (Wildman–Crippen MR) is 69.8 cm³/mol. The number of nitrogens with one attached hydrogen (secondary N) is 1. The first-order chi connectivity index (χ1) is 9.10. The van der Waals surface area contributed by atoms with Gasteiger partial charge in [0.2, 0.25) is 0 Å². The molecule has 0 saturated carbocycles. The average Bonchev–Trinajstić information content (AvgIpc) is 2.35. The van der Waals surface area contributed by atoms with E-state index in [4.69, 9.17) is 0 Å². The Morgan fingerprint density at radius 3 is 2.63 bits per heavy atom. The molecule has 0 aliphatic heterocycles. The first-order valence-electron chi connectivity index (χ1n) is 6.04. The normalized spacial score (nSPS) is 10.7. The largest absolute Gasteiger partial charge is 0.319 e. The molecular weight excluding hydrogens is 248 g/mol. The standard InChI is InChI=1S/C14H15F2N3/c1-9-7-13(19-14(18-9)5-6-17-2)11-4-3-10(15)8-12(11)16/h3-4,7-8,17H,5-6H2,1-2H3. The molecule has 5 heteroatoms. The van der Waals surface area contributed by atoms with Crippen LogP contribution >= 0.6 is 0 Å². The van der Waals surface area contributed by atoms with Crippen molar-refractivity contribution in [3.63, 3.8) is 0 Å². The van der Waals surface area contributed by atoms with E-state index >= 15 is 0 Å². The molecule has 3 nitrogen and oxygen atoms in total. The lowest BCUT2D eigenvalue weighted by Crippen LogP contribution is -2.13. The topological polar surface area (TPSA) is 37.8 Å². The minimum absolute atomic E-state index is 0.289. The molecule has 0 aliphatic carbocycles. The highest BCUT2D eigenvalue weighted by Crippen LogP contribution is 2.22. The molecule has 0 amide bonds. The molecule has 0 bridgehead atoms. The first-order valence-corrected chi connectivity index (χ1v) is 6.04. The van der Waals surface area contributed by atoms with E-state index in [2.05, 4.69) is 15.3 Å². The fourth-order valence-electron chi connectivity index (χ4n) is 1.81. The number of benzene rings is 1. The van der Waals surface area contributed by atoms with E-state index < -0.39 is 11.6 Å². The van der Waals surface area contributed by atoms with Gasteiger partial charge in [-0.15, -0.1) is 0 Å². The summed E-state index contributed by atoms with van der Waals surface area (Å²) in [5.74, 6) is -0.562. The average molecular weight is 263 g/mol. The second kappa shape index (κ2) is 5.84. The molecule has 1 N–H and O–H groups in total. The van der Waals surface area contributed by atoms with E-state index in [1.54, 1.807) is 6.07 Å². The number of likely N-dealkylation sites (N-methyl/N-ethyl adjacent to an activating group) is 1. The van der Waals surface area contributed by atoms with Gasteiger partial charge in [-0.25, -0.2) is 18.7 Å². The molecular formula is C14H15F2N3. The van der Waals surface area contributed by atoms with Gasteiger partial charge in [-0.3, -0.25) is 0 Å². The second-order valence-electron chi connectivity index (χ2n) is 4.29. The maximum absolute atomic E-state index is 13.7. The second-order valence-corrected chi connectivity index (χ2v) is 4.29. The van der Waals surface area contributed by atoms with Gasteiger partial charge in [-0.1, -0.05) is 0 Å². The summed E-state index contributed by atoms with van der Waals surface area (Å²) in [4.78, 5) is 8.61. The van der Waals surface area contributed by atoms with Gasteiger partial charge in [0, 0.05) is 30.3 Å². The Balaban J connectivity index is 2.41. The molecule has 100 valence electrons. The Kier molecular flexibility index (Phi) is 4.16. The third-order valence-electron chi connectivity index (χ3n) is 2.71. The zero-order valence-electron chi connectivity index (χ0n) is 10.9. The third kappa shape index (κ3) is 3.32. The molecule has 0 radical (unpaired) electrons. The summed E-state index contributed by atoms with van der Waals surface area (Å²) in [6.45, 7) is 2.57. The Morgan fingerprint density at radius 1 is 1.16 bits per heavy atom. The SMILES string of the molecule is CNCCc1nc(C)cc(-c2ccc(F)cc2F)n1. The molecule has 1 heterocycles. The van der Waals surface area contributed by atoms with E-state index in [0.29, 0.717) is 17.9 Å². The van der Waals surface area contributed by atoms with Crippen LogP contribution in [0.5, 0.6) is 0 Å². The molecule has 1 aromatic heterocycles. The van der Waals surface area contributed by atoms with Crippen molar-refractivity contribution in [2.75, 3.05) is 13.6 Å². The Bertz CT molecular complexity index is 585. The van der Waals surface area contributed by atoms with E-state index in [1.165, 1.54) is 12.1 Å². The van der Waals surface area contributed by atoms with Gasteiger partial charge in [-0.05, 0) is 32.2 Å². The fourth-order valence-corrected chi connectivity index (χ4v) is 1.81. The summed E-state index contributed by atoms with van der Waals surface area (Å²) in [6.07, 6.45) is 0.661. The van der Waals surface area contributed by atoms with Crippen molar-refractivity contribution in [1.29, 1.82) is 0 Å². The molecule has 2 aromatic rings. The van der Waals surface area contributed by atoms with Gasteiger partial charge < -0.3 is 5.32 Å². The van der Waals surface area contributed by atoms with Gasteiger partial charge >= 0.3 is 0 Å². The highest BCUT2D eigenvalue weighted by atomic mass is 19.1. The van der Waals surface area contributed by atoms with Crippen molar-refractivity contribution >= 4 is 0 Å². The molecule has 1 aromatic carbocycles. The van der Waals surface area contributed by atoms with Crippen LogP contribution in [0, 0.1) is 18.6 Å². The number of aryl methyl sites for hydroxylation is 1. The number of halogens is 2. The lowest BCUT2D eigenvalue weighted by Gasteiger charge is -2.07. The van der Waals surface area contributed by atoms with E-state index in [9.17, 15) is 8.78 Å². The quantitative estimate of drug-likeness (QED) is 0.921. The maximum Gasteiger partial charge on any atom is 0.135 e. The van der Waals surface area contributed by atoms with Crippen LogP contribution < -0.4 is 5.32 Å². The summed E-state index contributed by atoms with van der Waals surface area (Å²) in [7, 11) is 1.84. The lowest BCUT2D eigenvalue weighted by molar-refractivity contribution is 0.585. The molecule has 0 spiro atoms. The zero-order valence-corrected chi connectivity index (χ0v) is 10.9. The fraction of sp³-hybridized carbons (Fsp3) is 0.286. The van der Waals surface area contributed by atoms with Gasteiger partial charge in [-0.2, -0.15) is 0 Å². The molecule has 0 atom stereocenters. The van der Waals surface area contributed by atoms with Gasteiger partial charge in [0.15, 0.2) is 0 Å². The number of nitrogens with zero attached hydrogens (tertiary/aromatic N) is 2. The highest BCUT2D eigenvalue weighted by molar-refractivity contribution is 5.60. The molecule has 0 fully saturated rings. The zero-order chi connectivity index (χ0) is 13.8. The van der Waals surface area contributed by atoms with Crippen molar-refractivity contribution in [1.82, 2.24) is 15.3 Å². The van der Waals surface area contributed by atoms with E-state index in [0.717, 1.165) is 18.3 Å². The predicted octanol–water partition coefficient (Wildman–Crippen LogP) is 2.49. The number of hydrogen-bond acceptors (Lipinski definition) is 3. The Labute approximate surface area is 110 Å². The summed E-state index contributed by atoms with van der Waals surface area (Å²) < 4.78 is 26.6. The van der Waals surface area contributed by atoms with Crippen LogP contribution in [0.1, 0.15) is 11.5 Å². The van der Waals surface area contributed by atoms with Crippen molar-refractivity contribution in [3.05, 3.63) is 47.4 Å². The van der Waals surface area contributed by atoms with Crippen molar-refractivity contribution in [2.45, 2.75) is 13.3 Å². The number of hydrogen-bond donors (Lipinski definition) is 1. The van der Waals surface area contributed by atoms with E-state index in [-0.39, 0.29) is 5.56 Å². The molecule has 2 rings (SSSR count). The van der Waals surface area contributed by atoms with Crippen LogP contribution in [0.3, 0.4) is 0 Å². The summed E-state index contributed by atoms with van der Waals surface area (Å²) in [6, 6.07) is 5.18. The van der Waals surface area contributed by atoms with Crippen LogP contribution in [0.25, 0.3) is 11.3 Å². The van der Waals surface area contributed by atoms with Crippen LogP contribution in [-0.4, -0.2) is 23.6 Å². The lowest BCUT2D eigenvalue weighted by atomic mass is 10.1. The monoisotopic (exact) mass is 263 g/mol.